The molecular formula is C20H19F2N3O. The smallest absolute Gasteiger partial charge is 0.131 e. The Kier molecular flexibility index (Phi) is 4.77. The van der Waals surface area contributed by atoms with E-state index in [0.29, 0.717) is 31.9 Å². The molecule has 1 N–H and O–H groups in total. The minimum atomic E-state index is -0.525. The summed E-state index contributed by atoms with van der Waals surface area (Å²) in [6.45, 7) is 2.83. The number of aromatic nitrogens is 2. The SMILES string of the molecule is Fc1cc(/C=C/c2n[nH]c3ccccc23)cc(F)c1CN1CCOCC1. The number of halogens is 2. The maximum Gasteiger partial charge on any atom is 0.131 e. The molecule has 4 rings (SSSR count). The Morgan fingerprint density at radius 3 is 2.58 bits per heavy atom. The maximum absolute atomic E-state index is 14.4. The molecule has 1 aliphatic rings. The Morgan fingerprint density at radius 1 is 1.08 bits per heavy atom. The number of aromatic amines is 1. The second-order valence-corrected chi connectivity index (χ2v) is 6.34. The highest BCUT2D eigenvalue weighted by Gasteiger charge is 2.17. The summed E-state index contributed by atoms with van der Waals surface area (Å²) in [6.07, 6.45) is 3.43. The monoisotopic (exact) mass is 355 g/mol. The van der Waals surface area contributed by atoms with Gasteiger partial charge in [0.25, 0.3) is 0 Å². The summed E-state index contributed by atoms with van der Waals surface area (Å²) >= 11 is 0. The molecular weight excluding hydrogens is 336 g/mol. The average Bonchev–Trinajstić information content (AvgIpc) is 3.07. The zero-order valence-corrected chi connectivity index (χ0v) is 14.2. The Hall–Kier alpha value is -2.57. The molecule has 3 aromatic rings. The number of fused-ring (bicyclic) bond motifs is 1. The van der Waals surface area contributed by atoms with Gasteiger partial charge in [-0.25, -0.2) is 8.78 Å². The zero-order valence-electron chi connectivity index (χ0n) is 14.2. The van der Waals surface area contributed by atoms with Crippen LogP contribution >= 0.6 is 0 Å². The number of nitrogens with zero attached hydrogens (tertiary/aromatic N) is 2. The molecule has 6 heteroatoms. The van der Waals surface area contributed by atoms with Crippen LogP contribution in [-0.4, -0.2) is 41.4 Å². The number of nitrogens with one attached hydrogen (secondary N) is 1. The number of morpholine rings is 1. The molecule has 0 aliphatic carbocycles. The van der Waals surface area contributed by atoms with Crippen LogP contribution in [0.4, 0.5) is 8.78 Å². The molecule has 0 unspecified atom stereocenters. The van der Waals surface area contributed by atoms with Crippen molar-refractivity contribution < 1.29 is 13.5 Å². The maximum atomic E-state index is 14.4. The van der Waals surface area contributed by atoms with Crippen molar-refractivity contribution in [1.29, 1.82) is 0 Å². The van der Waals surface area contributed by atoms with Crippen molar-refractivity contribution in [2.24, 2.45) is 0 Å². The Morgan fingerprint density at radius 2 is 1.81 bits per heavy atom. The molecule has 1 aliphatic heterocycles. The van der Waals surface area contributed by atoms with Crippen LogP contribution in [0.3, 0.4) is 0 Å². The lowest BCUT2D eigenvalue weighted by Gasteiger charge is -2.26. The van der Waals surface area contributed by atoms with Crippen molar-refractivity contribution >= 4 is 23.1 Å². The highest BCUT2D eigenvalue weighted by atomic mass is 19.1. The molecule has 1 saturated heterocycles. The first-order chi connectivity index (χ1) is 12.7. The molecule has 1 aromatic heterocycles. The van der Waals surface area contributed by atoms with Gasteiger partial charge in [0.05, 0.1) is 24.4 Å². The third-order valence-corrected chi connectivity index (χ3v) is 4.58. The topological polar surface area (TPSA) is 41.2 Å². The van der Waals surface area contributed by atoms with Gasteiger partial charge in [-0.15, -0.1) is 0 Å². The first-order valence-electron chi connectivity index (χ1n) is 8.60. The predicted octanol–water partition coefficient (Wildman–Crippen LogP) is 3.84. The van der Waals surface area contributed by atoms with Gasteiger partial charge in [-0.1, -0.05) is 24.3 Å². The van der Waals surface area contributed by atoms with E-state index in [-0.39, 0.29) is 12.1 Å². The van der Waals surface area contributed by atoms with Crippen molar-refractivity contribution in [3.8, 4) is 0 Å². The summed E-state index contributed by atoms with van der Waals surface area (Å²) < 4.78 is 34.1. The van der Waals surface area contributed by atoms with E-state index in [9.17, 15) is 8.78 Å². The van der Waals surface area contributed by atoms with E-state index in [0.717, 1.165) is 16.6 Å². The van der Waals surface area contributed by atoms with E-state index in [1.807, 2.05) is 29.2 Å². The van der Waals surface area contributed by atoms with E-state index >= 15 is 0 Å². The number of rotatable bonds is 4. The minimum absolute atomic E-state index is 0.106. The van der Waals surface area contributed by atoms with Gasteiger partial charge in [0.2, 0.25) is 0 Å². The van der Waals surface area contributed by atoms with Crippen LogP contribution in [0, 0.1) is 11.6 Å². The number of para-hydroxylation sites is 1. The van der Waals surface area contributed by atoms with Crippen LogP contribution < -0.4 is 0 Å². The van der Waals surface area contributed by atoms with Crippen molar-refractivity contribution in [1.82, 2.24) is 15.1 Å². The van der Waals surface area contributed by atoms with Gasteiger partial charge in [-0.2, -0.15) is 5.10 Å². The zero-order chi connectivity index (χ0) is 17.9. The van der Waals surface area contributed by atoms with E-state index < -0.39 is 11.6 Å². The fourth-order valence-corrected chi connectivity index (χ4v) is 3.14. The van der Waals surface area contributed by atoms with Gasteiger partial charge in [0, 0.05) is 30.6 Å². The van der Waals surface area contributed by atoms with Gasteiger partial charge in [0.15, 0.2) is 0 Å². The largest absolute Gasteiger partial charge is 0.379 e. The van der Waals surface area contributed by atoms with E-state index in [2.05, 4.69) is 10.2 Å². The van der Waals surface area contributed by atoms with Crippen LogP contribution in [0.15, 0.2) is 36.4 Å². The summed E-state index contributed by atoms with van der Waals surface area (Å²) in [5, 5.41) is 8.14. The highest BCUT2D eigenvalue weighted by Crippen LogP contribution is 2.21. The minimum Gasteiger partial charge on any atom is -0.379 e. The van der Waals surface area contributed by atoms with Crippen LogP contribution in [-0.2, 0) is 11.3 Å². The predicted molar refractivity (Wildman–Crippen MR) is 97.5 cm³/mol. The quantitative estimate of drug-likeness (QED) is 0.773. The lowest BCUT2D eigenvalue weighted by molar-refractivity contribution is 0.0332. The molecule has 0 spiro atoms. The van der Waals surface area contributed by atoms with E-state index in [4.69, 9.17) is 4.74 Å². The molecule has 4 nitrogen and oxygen atoms in total. The fraction of sp³-hybridized carbons (Fsp3) is 0.250. The Labute approximate surface area is 150 Å². The van der Waals surface area contributed by atoms with Gasteiger partial charge >= 0.3 is 0 Å². The third kappa shape index (κ3) is 3.52. The van der Waals surface area contributed by atoms with E-state index in [1.54, 1.807) is 12.2 Å². The molecule has 0 amide bonds. The third-order valence-electron chi connectivity index (χ3n) is 4.58. The molecule has 1 fully saturated rings. The highest BCUT2D eigenvalue weighted by molar-refractivity contribution is 5.89. The molecule has 0 radical (unpaired) electrons. The molecule has 0 bridgehead atoms. The number of ether oxygens (including phenoxy) is 1. The Balaban J connectivity index is 1.55. The molecule has 2 heterocycles. The lowest BCUT2D eigenvalue weighted by atomic mass is 10.1. The summed E-state index contributed by atoms with van der Waals surface area (Å²) in [4.78, 5) is 2.00. The number of hydrogen-bond donors (Lipinski definition) is 1. The molecule has 0 atom stereocenters. The fourth-order valence-electron chi connectivity index (χ4n) is 3.14. The number of hydrogen-bond acceptors (Lipinski definition) is 3. The first kappa shape index (κ1) is 16.9. The average molecular weight is 355 g/mol. The summed E-state index contributed by atoms with van der Waals surface area (Å²) in [7, 11) is 0. The first-order valence-corrected chi connectivity index (χ1v) is 8.60. The van der Waals surface area contributed by atoms with Crippen LogP contribution in [0.25, 0.3) is 23.1 Å². The van der Waals surface area contributed by atoms with Crippen molar-refractivity contribution in [3.63, 3.8) is 0 Å². The summed E-state index contributed by atoms with van der Waals surface area (Å²) in [6, 6.07) is 10.5. The van der Waals surface area contributed by atoms with Gasteiger partial charge in [0.1, 0.15) is 11.6 Å². The van der Waals surface area contributed by atoms with Gasteiger partial charge in [-0.05, 0) is 29.8 Å². The van der Waals surface area contributed by atoms with Crippen molar-refractivity contribution in [3.05, 3.63) is 64.9 Å². The molecule has 2 aromatic carbocycles. The van der Waals surface area contributed by atoms with Crippen LogP contribution in [0.5, 0.6) is 0 Å². The Bertz CT molecular complexity index is 922. The molecule has 0 saturated carbocycles. The standard InChI is InChI=1S/C20H19F2N3O/c21-17-11-14(5-6-20-15-3-1-2-4-19(15)23-24-20)12-18(22)16(17)13-25-7-9-26-10-8-25/h1-6,11-12H,7-10,13H2,(H,23,24)/b6-5+. The van der Waals surface area contributed by atoms with Crippen LogP contribution in [0.2, 0.25) is 0 Å². The van der Waals surface area contributed by atoms with Crippen LogP contribution in [0.1, 0.15) is 16.8 Å². The van der Waals surface area contributed by atoms with Crippen molar-refractivity contribution in [2.75, 3.05) is 26.3 Å². The van der Waals surface area contributed by atoms with E-state index in [1.165, 1.54) is 12.1 Å². The summed E-state index contributed by atoms with van der Waals surface area (Å²) in [5.74, 6) is -1.05. The molecule has 134 valence electrons. The van der Waals surface area contributed by atoms with Crippen molar-refractivity contribution in [2.45, 2.75) is 6.54 Å². The second-order valence-electron chi connectivity index (χ2n) is 6.34. The van der Waals surface area contributed by atoms with Gasteiger partial charge in [-0.3, -0.25) is 10.00 Å². The van der Waals surface area contributed by atoms with Gasteiger partial charge < -0.3 is 4.74 Å². The number of benzene rings is 2. The normalized spacial score (nSPS) is 15.9. The second kappa shape index (κ2) is 7.35. The summed E-state index contributed by atoms with van der Waals surface area (Å²) in [5.41, 5.74) is 2.23. The number of H-pyrrole nitrogens is 1. The molecule has 26 heavy (non-hydrogen) atoms. The lowest BCUT2D eigenvalue weighted by Crippen LogP contribution is -2.36.